The van der Waals surface area contributed by atoms with Crippen LogP contribution in [0.5, 0.6) is 0 Å². The number of nitrogens with zero attached hydrogens (tertiary/aromatic N) is 3. The lowest BCUT2D eigenvalue weighted by Crippen LogP contribution is -2.59. The highest BCUT2D eigenvalue weighted by molar-refractivity contribution is 7.00. The van der Waals surface area contributed by atoms with Crippen LogP contribution in [0.1, 0.15) is 105 Å². The van der Waals surface area contributed by atoms with Crippen molar-refractivity contribution in [2.45, 2.75) is 105 Å². The predicted molar refractivity (Wildman–Crippen MR) is 314 cm³/mol. The molecule has 5 heterocycles. The molecule has 4 heteroatoms. The van der Waals surface area contributed by atoms with Crippen LogP contribution in [0, 0.1) is 0 Å². The number of hydrogen-bond acceptors (Lipinski definition) is 1. The zero-order valence-electron chi connectivity index (χ0n) is 44.6. The number of aromatic nitrogens is 3. The normalized spacial score (nSPS) is 13.5. The van der Waals surface area contributed by atoms with Crippen LogP contribution >= 0.6 is 0 Å². The smallest absolute Gasteiger partial charge is 0.252 e. The molecule has 3 nitrogen and oxygen atoms in total. The summed E-state index contributed by atoms with van der Waals surface area (Å²) in [5.41, 5.74) is 25.9. The van der Waals surface area contributed by atoms with Gasteiger partial charge in [-0.05, 0) is 155 Å². The Balaban J connectivity index is 1.17. The minimum absolute atomic E-state index is 0.0142. The summed E-state index contributed by atoms with van der Waals surface area (Å²) < 4.78 is 5.25. The lowest BCUT2D eigenvalue weighted by atomic mass is 9.34. The van der Waals surface area contributed by atoms with Gasteiger partial charge in [-0.1, -0.05) is 180 Å². The van der Waals surface area contributed by atoms with E-state index in [4.69, 9.17) is 4.98 Å². The van der Waals surface area contributed by atoms with E-state index in [0.717, 1.165) is 22.5 Å². The monoisotopic (exact) mass is 946 g/mol. The van der Waals surface area contributed by atoms with Crippen molar-refractivity contribution in [3.8, 4) is 56.1 Å². The molecule has 0 N–H and O–H groups in total. The Morgan fingerprint density at radius 1 is 0.329 bits per heavy atom. The van der Waals surface area contributed by atoms with E-state index in [2.05, 4.69) is 262 Å². The summed E-state index contributed by atoms with van der Waals surface area (Å²) in [5.74, 6) is 0. The molecule has 0 radical (unpaired) electrons. The molecule has 11 aromatic rings. The lowest BCUT2D eigenvalue weighted by Gasteiger charge is -2.35. The van der Waals surface area contributed by atoms with Crippen LogP contribution in [0.2, 0.25) is 0 Å². The van der Waals surface area contributed by atoms with Gasteiger partial charge in [0, 0.05) is 55.1 Å². The average molecular weight is 946 g/mol. The van der Waals surface area contributed by atoms with E-state index in [1.54, 1.807) is 0 Å². The van der Waals surface area contributed by atoms with Gasteiger partial charge in [0.15, 0.2) is 0 Å². The number of benzene rings is 8. The van der Waals surface area contributed by atoms with Crippen molar-refractivity contribution < 1.29 is 0 Å². The fraction of sp³-hybridized carbons (Fsp3) is 0.232. The van der Waals surface area contributed by atoms with E-state index in [1.165, 1.54) is 116 Å². The van der Waals surface area contributed by atoms with E-state index in [-0.39, 0.29) is 28.4 Å². The molecule has 0 spiro atoms. The quantitative estimate of drug-likeness (QED) is 0.161. The standard InChI is InChI=1S/C69H64BN3/c1-66(2,3)47-30-45(31-48(36-47)67(4,5)6)57-24-19-25-58(71-57)46-34-61-63-62(35-46)73-60-29-27-44(42-22-17-14-18-23-42)33-52(60)54-38-50(69(10,11)12)40-56(65(54)73)70(63)55-39-49(68(7,8)9)37-53-51-32-43(41-20-15-13-16-21-41)26-28-59(51)72(61)64(53)55/h13-40H,1-12H3. The van der Waals surface area contributed by atoms with Crippen molar-refractivity contribution >= 4 is 66.7 Å². The maximum atomic E-state index is 5.66. The summed E-state index contributed by atoms with van der Waals surface area (Å²) in [6.45, 7) is 28.1. The number of rotatable bonds is 4. The summed E-state index contributed by atoms with van der Waals surface area (Å²) in [5, 5.41) is 5.18. The molecular formula is C69H64BN3. The largest absolute Gasteiger partial charge is 0.310 e. The molecule has 73 heavy (non-hydrogen) atoms. The molecule has 0 aliphatic carbocycles. The Hall–Kier alpha value is -7.43. The minimum atomic E-state index is -0.0835. The Morgan fingerprint density at radius 3 is 1.14 bits per heavy atom. The van der Waals surface area contributed by atoms with Crippen molar-refractivity contribution in [2.75, 3.05) is 0 Å². The fourth-order valence-corrected chi connectivity index (χ4v) is 12.1. The van der Waals surface area contributed by atoms with Crippen LogP contribution in [0.4, 0.5) is 0 Å². The summed E-state index contributed by atoms with van der Waals surface area (Å²) >= 11 is 0. The van der Waals surface area contributed by atoms with Crippen molar-refractivity contribution in [3.63, 3.8) is 0 Å². The molecule has 2 aliphatic rings. The molecule has 8 aromatic carbocycles. The van der Waals surface area contributed by atoms with Gasteiger partial charge in [0.2, 0.25) is 0 Å². The van der Waals surface area contributed by atoms with E-state index in [0.29, 0.717) is 0 Å². The van der Waals surface area contributed by atoms with Gasteiger partial charge < -0.3 is 9.13 Å². The van der Waals surface area contributed by atoms with Gasteiger partial charge in [-0.15, -0.1) is 0 Å². The molecule has 358 valence electrons. The average Bonchev–Trinajstić information content (AvgIpc) is 3.88. The van der Waals surface area contributed by atoms with Crippen molar-refractivity contribution in [2.24, 2.45) is 0 Å². The molecule has 0 unspecified atom stereocenters. The van der Waals surface area contributed by atoms with Crippen LogP contribution < -0.4 is 16.4 Å². The summed E-state index contributed by atoms with van der Waals surface area (Å²) in [6.07, 6.45) is 0. The van der Waals surface area contributed by atoms with Gasteiger partial charge in [-0.2, -0.15) is 0 Å². The fourth-order valence-electron chi connectivity index (χ4n) is 12.1. The first-order chi connectivity index (χ1) is 34.7. The molecule has 0 saturated heterocycles. The molecule has 0 saturated carbocycles. The van der Waals surface area contributed by atoms with E-state index in [9.17, 15) is 0 Å². The van der Waals surface area contributed by atoms with Gasteiger partial charge >= 0.3 is 0 Å². The van der Waals surface area contributed by atoms with Crippen LogP contribution in [0.3, 0.4) is 0 Å². The van der Waals surface area contributed by atoms with Crippen LogP contribution in [0.15, 0.2) is 170 Å². The lowest BCUT2D eigenvalue weighted by molar-refractivity contribution is 0.569. The molecule has 0 atom stereocenters. The Morgan fingerprint density at radius 2 is 0.726 bits per heavy atom. The maximum absolute atomic E-state index is 5.66. The van der Waals surface area contributed by atoms with Crippen molar-refractivity contribution in [1.82, 2.24) is 14.1 Å². The first kappa shape index (κ1) is 45.4. The second kappa shape index (κ2) is 15.5. The molecule has 0 bridgehead atoms. The summed E-state index contributed by atoms with van der Waals surface area (Å²) in [4.78, 5) is 5.66. The van der Waals surface area contributed by atoms with Gasteiger partial charge in [0.25, 0.3) is 6.71 Å². The minimum Gasteiger partial charge on any atom is -0.310 e. The first-order valence-electron chi connectivity index (χ1n) is 26.4. The third-order valence-corrected chi connectivity index (χ3v) is 16.3. The second-order valence-corrected chi connectivity index (χ2v) is 25.4. The SMILES string of the molecule is CC(C)(C)c1cc(-c2cccc(-c3cc4c5c(c3)-n3c6ccc(-c7ccccc7)cc6c6cc(C(C)(C)C)cc(c63)B5c3cc(C(C)(C)C)cc5c6cc(-c7ccccc7)ccc6n-4c35)n2)cc(C(C)(C)C)c1. The van der Waals surface area contributed by atoms with Gasteiger partial charge in [-0.25, -0.2) is 4.98 Å². The first-order valence-corrected chi connectivity index (χ1v) is 26.4. The highest BCUT2D eigenvalue weighted by Crippen LogP contribution is 2.45. The number of pyridine rings is 1. The maximum Gasteiger partial charge on any atom is 0.252 e. The third kappa shape index (κ3) is 7.11. The molecule has 0 fully saturated rings. The summed E-state index contributed by atoms with van der Waals surface area (Å²) in [6, 6.07) is 64.9. The highest BCUT2D eigenvalue weighted by Gasteiger charge is 2.43. The molecule has 3 aromatic heterocycles. The van der Waals surface area contributed by atoms with Crippen molar-refractivity contribution in [1.29, 1.82) is 0 Å². The Kier molecular flexibility index (Phi) is 9.68. The van der Waals surface area contributed by atoms with Crippen LogP contribution in [-0.2, 0) is 21.7 Å². The molecule has 13 rings (SSSR count). The van der Waals surface area contributed by atoms with Crippen molar-refractivity contribution in [3.05, 3.63) is 192 Å². The van der Waals surface area contributed by atoms with Crippen LogP contribution in [0.25, 0.3) is 99.8 Å². The third-order valence-electron chi connectivity index (χ3n) is 16.3. The topological polar surface area (TPSA) is 22.8 Å². The Bertz CT molecular complexity index is 3860. The van der Waals surface area contributed by atoms with Gasteiger partial charge in [-0.3, -0.25) is 0 Å². The molecule has 0 amide bonds. The predicted octanol–water partition coefficient (Wildman–Crippen LogP) is 16.3. The molecular weight excluding hydrogens is 882 g/mol. The number of fused-ring (bicyclic) bond motifs is 10. The highest BCUT2D eigenvalue weighted by atomic mass is 15.0. The van der Waals surface area contributed by atoms with Gasteiger partial charge in [0.05, 0.1) is 22.4 Å². The van der Waals surface area contributed by atoms with E-state index in [1.807, 2.05) is 0 Å². The van der Waals surface area contributed by atoms with E-state index >= 15 is 0 Å². The zero-order valence-corrected chi connectivity index (χ0v) is 44.6. The Labute approximate surface area is 431 Å². The van der Waals surface area contributed by atoms with Crippen LogP contribution in [-0.4, -0.2) is 20.8 Å². The second-order valence-electron chi connectivity index (χ2n) is 25.4. The van der Waals surface area contributed by atoms with Gasteiger partial charge in [0.1, 0.15) is 0 Å². The molecule has 2 aliphatic heterocycles. The van der Waals surface area contributed by atoms with E-state index < -0.39 is 0 Å². The summed E-state index contributed by atoms with van der Waals surface area (Å²) in [7, 11) is 0. The zero-order chi connectivity index (χ0) is 50.7. The number of hydrogen-bond donors (Lipinski definition) is 0.